The monoisotopic (exact) mass is 384 g/mol. The van der Waals surface area contributed by atoms with E-state index in [0.717, 1.165) is 44.3 Å². The van der Waals surface area contributed by atoms with Crippen LogP contribution in [-0.2, 0) is 34.1 Å². The highest BCUT2D eigenvalue weighted by Gasteiger charge is 2.37. The lowest BCUT2D eigenvalue weighted by Crippen LogP contribution is -2.50. The molecule has 1 amide bonds. The zero-order chi connectivity index (χ0) is 18.9. The molecule has 0 spiro atoms. The first-order chi connectivity index (χ1) is 12.3. The van der Waals surface area contributed by atoms with Gasteiger partial charge in [0.25, 0.3) is 0 Å². The van der Waals surface area contributed by atoms with Crippen molar-refractivity contribution in [3.63, 3.8) is 0 Å². The maximum atomic E-state index is 12.7. The molecule has 9 heteroatoms. The molecule has 8 nitrogen and oxygen atoms in total. The van der Waals surface area contributed by atoms with E-state index in [4.69, 9.17) is 0 Å². The summed E-state index contributed by atoms with van der Waals surface area (Å²) in [6, 6.07) is -0.331. The van der Waals surface area contributed by atoms with E-state index in [0.29, 0.717) is 19.4 Å². The molecule has 26 heavy (non-hydrogen) atoms. The summed E-state index contributed by atoms with van der Waals surface area (Å²) >= 11 is 0. The summed E-state index contributed by atoms with van der Waals surface area (Å²) in [6.45, 7) is 0.513. The molecular weight excluding hydrogens is 356 g/mol. The van der Waals surface area contributed by atoms with Crippen LogP contribution in [0.1, 0.15) is 50.8 Å². The zero-order valence-corrected chi connectivity index (χ0v) is 16.4. The van der Waals surface area contributed by atoms with Crippen molar-refractivity contribution in [3.05, 3.63) is 16.3 Å². The predicted octanol–water partition coefficient (Wildman–Crippen LogP) is 0.585. The maximum Gasteiger partial charge on any atom is 0.346 e. The van der Waals surface area contributed by atoms with E-state index < -0.39 is 15.1 Å². The Hall–Kier alpha value is -1.64. The van der Waals surface area contributed by atoms with E-state index in [1.807, 2.05) is 0 Å². The van der Waals surface area contributed by atoms with Crippen molar-refractivity contribution in [1.29, 1.82) is 0 Å². The largest absolute Gasteiger partial charge is 0.346 e. The lowest BCUT2D eigenvalue weighted by molar-refractivity contribution is -0.133. The van der Waals surface area contributed by atoms with E-state index in [1.54, 1.807) is 11.6 Å². The molecule has 146 valence electrons. The minimum Gasteiger partial charge on any atom is -0.340 e. The Labute approximate surface area is 154 Å². The number of hydrogen-bond donors (Lipinski definition) is 0. The first kappa shape index (κ1) is 19.1. The Kier molecular flexibility index (Phi) is 5.55. The topological polar surface area (TPSA) is 94.3 Å². The number of aryl methyl sites for hydroxylation is 1. The van der Waals surface area contributed by atoms with Crippen LogP contribution in [0.3, 0.4) is 0 Å². The Morgan fingerprint density at radius 3 is 2.65 bits per heavy atom. The minimum absolute atomic E-state index is 0.137. The van der Waals surface area contributed by atoms with Crippen LogP contribution in [0.2, 0.25) is 0 Å². The average Bonchev–Trinajstić information content (AvgIpc) is 2.77. The summed E-state index contributed by atoms with van der Waals surface area (Å²) in [7, 11) is -1.58. The fourth-order valence-electron chi connectivity index (χ4n) is 4.17. The third kappa shape index (κ3) is 3.87. The predicted molar refractivity (Wildman–Crippen MR) is 97.7 cm³/mol. The average molecular weight is 385 g/mol. The Morgan fingerprint density at radius 1 is 1.19 bits per heavy atom. The molecular formula is C17H28N4O4S. The molecule has 1 aliphatic carbocycles. The molecule has 1 saturated carbocycles. The van der Waals surface area contributed by atoms with Gasteiger partial charge in [0.15, 0.2) is 9.84 Å². The van der Waals surface area contributed by atoms with E-state index in [-0.39, 0.29) is 24.2 Å². The van der Waals surface area contributed by atoms with E-state index in [2.05, 4.69) is 5.10 Å². The number of fused-ring (bicyclic) bond motifs is 1. The van der Waals surface area contributed by atoms with Gasteiger partial charge >= 0.3 is 5.69 Å². The van der Waals surface area contributed by atoms with Crippen LogP contribution in [0, 0.1) is 0 Å². The number of rotatable bonds is 4. The molecule has 2 heterocycles. The lowest BCUT2D eigenvalue weighted by Gasteiger charge is -2.36. The molecule has 0 radical (unpaired) electrons. The minimum atomic E-state index is -3.22. The number of sulfone groups is 1. The van der Waals surface area contributed by atoms with Gasteiger partial charge in [0.2, 0.25) is 5.91 Å². The number of likely N-dealkylation sites (N-methyl/N-ethyl adjacent to an activating group) is 1. The summed E-state index contributed by atoms with van der Waals surface area (Å²) in [6.07, 6.45) is 8.06. The van der Waals surface area contributed by atoms with Crippen molar-refractivity contribution in [1.82, 2.24) is 19.2 Å². The molecule has 0 N–H and O–H groups in total. The van der Waals surface area contributed by atoms with Gasteiger partial charge in [-0.2, -0.15) is 5.10 Å². The van der Waals surface area contributed by atoms with Gasteiger partial charge < -0.3 is 4.90 Å². The number of hydrogen-bond acceptors (Lipinski definition) is 5. The highest BCUT2D eigenvalue weighted by Crippen LogP contribution is 2.27. The molecule has 1 aromatic rings. The number of nitrogens with zero attached hydrogens (tertiary/aromatic N) is 4. The number of aromatic nitrogens is 3. The summed E-state index contributed by atoms with van der Waals surface area (Å²) in [4.78, 5) is 26.8. The van der Waals surface area contributed by atoms with Crippen LogP contribution in [-0.4, -0.2) is 58.2 Å². The van der Waals surface area contributed by atoms with Crippen LogP contribution in [0.15, 0.2) is 4.79 Å². The van der Waals surface area contributed by atoms with Crippen molar-refractivity contribution in [3.8, 4) is 0 Å². The molecule has 1 fully saturated rings. The third-order valence-electron chi connectivity index (χ3n) is 5.68. The van der Waals surface area contributed by atoms with Crippen LogP contribution >= 0.6 is 0 Å². The van der Waals surface area contributed by atoms with Crippen molar-refractivity contribution >= 4 is 15.7 Å². The van der Waals surface area contributed by atoms with Gasteiger partial charge in [0, 0.05) is 32.3 Å². The van der Waals surface area contributed by atoms with Crippen molar-refractivity contribution in [2.45, 2.75) is 75.7 Å². The smallest absolute Gasteiger partial charge is 0.340 e. The summed E-state index contributed by atoms with van der Waals surface area (Å²) < 4.78 is 27.1. The summed E-state index contributed by atoms with van der Waals surface area (Å²) in [5, 5.41) is 3.82. The van der Waals surface area contributed by atoms with Crippen LogP contribution in [0.25, 0.3) is 0 Å². The van der Waals surface area contributed by atoms with Crippen molar-refractivity contribution in [2.24, 2.45) is 0 Å². The molecule has 2 aliphatic rings. The van der Waals surface area contributed by atoms with Gasteiger partial charge in [-0.15, -0.1) is 0 Å². The fraction of sp³-hybridized carbons (Fsp3) is 0.824. The SMILES string of the molecule is CN(C(=O)Cn1nc2n(c1=O)CCCCC2)C1CCCCC1S(C)(=O)=O. The van der Waals surface area contributed by atoms with E-state index in [1.165, 1.54) is 15.8 Å². The Balaban J connectivity index is 1.76. The molecule has 2 unspecified atom stereocenters. The molecule has 0 aromatic carbocycles. The van der Waals surface area contributed by atoms with E-state index >= 15 is 0 Å². The second-order valence-corrected chi connectivity index (χ2v) is 9.81. The molecule has 0 bridgehead atoms. The van der Waals surface area contributed by atoms with Crippen LogP contribution in [0.4, 0.5) is 0 Å². The van der Waals surface area contributed by atoms with Crippen LogP contribution in [0.5, 0.6) is 0 Å². The maximum absolute atomic E-state index is 12.7. The van der Waals surface area contributed by atoms with Crippen molar-refractivity contribution in [2.75, 3.05) is 13.3 Å². The standard InChI is InChI=1S/C17H28N4O4S/c1-19(13-8-5-6-9-14(13)26(2,24)25)16(22)12-21-17(23)20-11-7-3-4-10-15(20)18-21/h13-14H,3-12H2,1-2H3. The van der Waals surface area contributed by atoms with Crippen LogP contribution < -0.4 is 5.69 Å². The van der Waals surface area contributed by atoms with Gasteiger partial charge in [-0.1, -0.05) is 19.3 Å². The zero-order valence-electron chi connectivity index (χ0n) is 15.6. The quantitative estimate of drug-likeness (QED) is 0.757. The molecule has 1 aliphatic heterocycles. The van der Waals surface area contributed by atoms with Gasteiger partial charge in [-0.3, -0.25) is 9.36 Å². The highest BCUT2D eigenvalue weighted by atomic mass is 32.2. The first-order valence-corrected chi connectivity index (χ1v) is 11.4. The van der Waals surface area contributed by atoms with E-state index in [9.17, 15) is 18.0 Å². The molecule has 3 rings (SSSR count). The first-order valence-electron chi connectivity index (χ1n) is 9.40. The summed E-state index contributed by atoms with van der Waals surface area (Å²) in [5.74, 6) is 0.482. The normalized spacial score (nSPS) is 23.9. The molecule has 1 aromatic heterocycles. The highest BCUT2D eigenvalue weighted by molar-refractivity contribution is 7.91. The van der Waals surface area contributed by atoms with Gasteiger partial charge in [0.05, 0.1) is 5.25 Å². The van der Waals surface area contributed by atoms with Crippen molar-refractivity contribution < 1.29 is 13.2 Å². The Bertz CT molecular complexity index is 826. The molecule has 0 saturated heterocycles. The van der Waals surface area contributed by atoms with Gasteiger partial charge in [0.1, 0.15) is 12.4 Å². The number of carbonyl (C=O) groups excluding carboxylic acids is 1. The second-order valence-electron chi connectivity index (χ2n) is 7.54. The number of amides is 1. The second kappa shape index (κ2) is 7.54. The number of carbonyl (C=O) groups is 1. The lowest BCUT2D eigenvalue weighted by atomic mass is 9.94. The fourth-order valence-corrected chi connectivity index (χ4v) is 5.66. The molecule has 2 atom stereocenters. The Morgan fingerprint density at radius 2 is 1.92 bits per heavy atom. The third-order valence-corrected chi connectivity index (χ3v) is 7.32. The van der Waals surface area contributed by atoms with Gasteiger partial charge in [-0.25, -0.2) is 17.9 Å². The summed E-state index contributed by atoms with van der Waals surface area (Å²) in [5.41, 5.74) is -0.244. The van der Waals surface area contributed by atoms with Gasteiger partial charge in [-0.05, 0) is 25.7 Å².